The number of nitrogens with one attached hydrogen (secondary N) is 1. The molecule has 1 aliphatic heterocycles. The number of aromatic nitrogens is 6. The van der Waals surface area contributed by atoms with Crippen LogP contribution in [0.25, 0.3) is 33.5 Å². The van der Waals surface area contributed by atoms with Crippen molar-refractivity contribution in [1.29, 1.82) is 0 Å². The molecule has 1 saturated heterocycles. The summed E-state index contributed by atoms with van der Waals surface area (Å²) in [4.78, 5) is 23.4. The molecular weight excluding hydrogens is 370 g/mol. The van der Waals surface area contributed by atoms with E-state index in [1.54, 1.807) is 6.33 Å². The molecule has 1 fully saturated rings. The zero-order chi connectivity index (χ0) is 20.0. The predicted molar refractivity (Wildman–Crippen MR) is 109 cm³/mol. The second-order valence-electron chi connectivity index (χ2n) is 7.45. The number of H-pyrrole nitrogens is 1. The number of rotatable bonds is 4. The number of hydrogen-bond donors (Lipinski definition) is 3. The molecule has 0 saturated carbocycles. The van der Waals surface area contributed by atoms with Gasteiger partial charge in [0, 0.05) is 37.7 Å². The molecule has 150 valence electrons. The average Bonchev–Trinajstić information content (AvgIpc) is 3.39. The van der Waals surface area contributed by atoms with Crippen molar-refractivity contribution in [3.05, 3.63) is 30.9 Å². The minimum atomic E-state index is -0.606. The van der Waals surface area contributed by atoms with Crippen LogP contribution in [0, 0.1) is 5.92 Å². The Morgan fingerprint density at radius 2 is 2.14 bits per heavy atom. The molecule has 1 aromatic carbocycles. The number of hydrogen-bond acceptors (Lipinski definition) is 7. The third kappa shape index (κ3) is 3.02. The molecule has 9 nitrogen and oxygen atoms in total. The molecule has 1 aliphatic rings. The first-order valence-corrected chi connectivity index (χ1v) is 9.88. The molecule has 0 bridgehead atoms. The number of aliphatic hydroxyl groups is 2. The van der Waals surface area contributed by atoms with Gasteiger partial charge in [0.1, 0.15) is 11.2 Å². The van der Waals surface area contributed by atoms with Crippen molar-refractivity contribution in [2.24, 2.45) is 5.92 Å². The van der Waals surface area contributed by atoms with Crippen molar-refractivity contribution >= 4 is 28.1 Å². The lowest BCUT2D eigenvalue weighted by Gasteiger charge is -2.35. The smallest absolute Gasteiger partial charge is 0.228 e. The summed E-state index contributed by atoms with van der Waals surface area (Å²) in [5.41, 5.74) is 5.05. The summed E-state index contributed by atoms with van der Waals surface area (Å²) in [7, 11) is 0. The number of fused-ring (bicyclic) bond motifs is 2. The van der Waals surface area contributed by atoms with E-state index in [4.69, 9.17) is 4.98 Å². The fourth-order valence-corrected chi connectivity index (χ4v) is 4.01. The Kier molecular flexibility index (Phi) is 4.40. The molecule has 0 amide bonds. The van der Waals surface area contributed by atoms with E-state index in [2.05, 4.69) is 37.5 Å². The molecule has 0 aliphatic carbocycles. The van der Waals surface area contributed by atoms with E-state index in [9.17, 15) is 10.2 Å². The van der Waals surface area contributed by atoms with E-state index in [0.29, 0.717) is 31.1 Å². The molecule has 9 heteroatoms. The minimum absolute atomic E-state index is 0.00998. The molecule has 5 rings (SSSR count). The van der Waals surface area contributed by atoms with Crippen LogP contribution < -0.4 is 4.90 Å². The highest BCUT2D eigenvalue weighted by atomic mass is 16.3. The summed E-state index contributed by atoms with van der Waals surface area (Å²) >= 11 is 0. The Balaban J connectivity index is 1.58. The highest BCUT2D eigenvalue weighted by molar-refractivity contribution is 5.91. The first-order chi connectivity index (χ1) is 14.2. The number of imidazole rings is 2. The second-order valence-corrected chi connectivity index (χ2v) is 7.45. The Labute approximate surface area is 167 Å². The van der Waals surface area contributed by atoms with E-state index < -0.39 is 6.10 Å². The number of nitrogens with zero attached hydrogens (tertiary/aromatic N) is 6. The summed E-state index contributed by atoms with van der Waals surface area (Å²) in [6.07, 6.45) is 3.54. The number of β-amino-alcohol motifs (C(OH)–C–C–N with tert-alkyl or cyclic N) is 1. The van der Waals surface area contributed by atoms with E-state index in [0.717, 1.165) is 34.4 Å². The topological polar surface area (TPSA) is 116 Å². The van der Waals surface area contributed by atoms with Gasteiger partial charge in [-0.1, -0.05) is 6.07 Å². The number of aryl methyl sites for hydroxylation is 1. The number of aliphatic hydroxyl groups excluding tert-OH is 2. The van der Waals surface area contributed by atoms with Crippen LogP contribution in [0.4, 0.5) is 5.95 Å². The van der Waals surface area contributed by atoms with E-state index in [1.165, 1.54) is 0 Å². The van der Waals surface area contributed by atoms with Gasteiger partial charge in [0.25, 0.3) is 0 Å². The third-order valence-corrected chi connectivity index (χ3v) is 5.75. The zero-order valence-corrected chi connectivity index (χ0v) is 16.2. The molecule has 0 radical (unpaired) electrons. The fraction of sp³-hybridized carbons (Fsp3) is 0.400. The molecule has 4 heterocycles. The average molecular weight is 393 g/mol. The van der Waals surface area contributed by atoms with E-state index >= 15 is 0 Å². The Morgan fingerprint density at radius 1 is 1.24 bits per heavy atom. The van der Waals surface area contributed by atoms with Gasteiger partial charge in [-0.2, -0.15) is 4.98 Å². The Bertz CT molecular complexity index is 1170. The standard InChI is InChI=1S/C20H23N7O2/c1-2-26-11-23-14-7-12(3-4-15(14)26)17-18-19(22-10-21-18)25-20(24-17)27-6-5-13(9-28)16(29)8-27/h3-4,7,10-11,13,16,28-29H,2,5-6,8-9H2,1H3,(H,21,22,24,25). The van der Waals surface area contributed by atoms with Crippen molar-refractivity contribution in [2.75, 3.05) is 24.6 Å². The van der Waals surface area contributed by atoms with Crippen molar-refractivity contribution < 1.29 is 10.2 Å². The maximum absolute atomic E-state index is 10.3. The zero-order valence-electron chi connectivity index (χ0n) is 16.2. The van der Waals surface area contributed by atoms with Crippen molar-refractivity contribution in [2.45, 2.75) is 26.0 Å². The predicted octanol–water partition coefficient (Wildman–Crippen LogP) is 1.57. The van der Waals surface area contributed by atoms with Crippen LogP contribution in [0.2, 0.25) is 0 Å². The van der Waals surface area contributed by atoms with Crippen LogP contribution in [0.5, 0.6) is 0 Å². The normalized spacial score (nSPS) is 20.0. The summed E-state index contributed by atoms with van der Waals surface area (Å²) in [6, 6.07) is 6.12. The van der Waals surface area contributed by atoms with Crippen LogP contribution in [0.15, 0.2) is 30.9 Å². The SMILES string of the molecule is CCn1cnc2cc(-c3nc(N4CCC(CO)C(O)C4)nc4nc[nH]c34)ccc21. The lowest BCUT2D eigenvalue weighted by Crippen LogP contribution is -2.45. The number of aromatic amines is 1. The Hall–Kier alpha value is -3.04. The van der Waals surface area contributed by atoms with Crippen LogP contribution in [-0.2, 0) is 6.54 Å². The van der Waals surface area contributed by atoms with Crippen molar-refractivity contribution in [3.8, 4) is 11.3 Å². The van der Waals surface area contributed by atoms with E-state index in [1.807, 2.05) is 23.4 Å². The number of anilines is 1. The summed E-state index contributed by atoms with van der Waals surface area (Å²) in [5.74, 6) is 0.435. The monoisotopic (exact) mass is 393 g/mol. The van der Waals surface area contributed by atoms with E-state index in [-0.39, 0.29) is 12.5 Å². The highest BCUT2D eigenvalue weighted by Crippen LogP contribution is 2.30. The van der Waals surface area contributed by atoms with Gasteiger partial charge in [-0.3, -0.25) is 0 Å². The largest absolute Gasteiger partial charge is 0.396 e. The molecule has 2 unspecified atom stereocenters. The number of benzene rings is 1. The highest BCUT2D eigenvalue weighted by Gasteiger charge is 2.29. The van der Waals surface area contributed by atoms with Crippen LogP contribution in [0.3, 0.4) is 0 Å². The summed E-state index contributed by atoms with van der Waals surface area (Å²) in [5, 5.41) is 19.7. The molecule has 2 atom stereocenters. The van der Waals surface area contributed by atoms with Crippen molar-refractivity contribution in [3.63, 3.8) is 0 Å². The molecule has 3 N–H and O–H groups in total. The lowest BCUT2D eigenvalue weighted by atomic mass is 9.95. The van der Waals surface area contributed by atoms with Gasteiger partial charge in [-0.15, -0.1) is 0 Å². The molecular formula is C20H23N7O2. The van der Waals surface area contributed by atoms with Crippen molar-refractivity contribution in [1.82, 2.24) is 29.5 Å². The summed E-state index contributed by atoms with van der Waals surface area (Å²) in [6.45, 7) is 4.01. The van der Waals surface area contributed by atoms with Gasteiger partial charge < -0.3 is 24.7 Å². The van der Waals surface area contributed by atoms with Gasteiger partial charge in [0.15, 0.2) is 5.65 Å². The molecule has 29 heavy (non-hydrogen) atoms. The fourth-order valence-electron chi connectivity index (χ4n) is 4.01. The van der Waals surface area contributed by atoms with Crippen LogP contribution in [0.1, 0.15) is 13.3 Å². The maximum atomic E-state index is 10.3. The lowest BCUT2D eigenvalue weighted by molar-refractivity contribution is 0.0544. The third-order valence-electron chi connectivity index (χ3n) is 5.75. The summed E-state index contributed by atoms with van der Waals surface area (Å²) < 4.78 is 2.10. The van der Waals surface area contributed by atoms with Crippen LogP contribution >= 0.6 is 0 Å². The maximum Gasteiger partial charge on any atom is 0.228 e. The van der Waals surface area contributed by atoms with Gasteiger partial charge >= 0.3 is 0 Å². The van der Waals surface area contributed by atoms with Gasteiger partial charge in [0.05, 0.1) is 29.8 Å². The first kappa shape index (κ1) is 18.0. The quantitative estimate of drug-likeness (QED) is 0.482. The van der Waals surface area contributed by atoms with Gasteiger partial charge in [-0.05, 0) is 25.5 Å². The van der Waals surface area contributed by atoms with Crippen LogP contribution in [-0.4, -0.2) is 65.5 Å². The minimum Gasteiger partial charge on any atom is -0.396 e. The second kappa shape index (κ2) is 7.09. The van der Waals surface area contributed by atoms with Gasteiger partial charge in [0.2, 0.25) is 5.95 Å². The van der Waals surface area contributed by atoms with Gasteiger partial charge in [-0.25, -0.2) is 15.0 Å². The Morgan fingerprint density at radius 3 is 2.93 bits per heavy atom. The number of piperidine rings is 1. The first-order valence-electron chi connectivity index (χ1n) is 9.88. The molecule has 3 aromatic heterocycles. The molecule has 0 spiro atoms. The molecule has 4 aromatic rings.